The number of rotatable bonds is 0. The number of benzene rings is 1. The van der Waals surface area contributed by atoms with E-state index in [4.69, 9.17) is 4.74 Å². The van der Waals surface area contributed by atoms with Crippen LogP contribution < -0.4 is 16.4 Å². The van der Waals surface area contributed by atoms with Crippen molar-refractivity contribution in [2.75, 3.05) is 0 Å². The molecule has 2 aliphatic rings. The van der Waals surface area contributed by atoms with E-state index < -0.39 is 0 Å². The van der Waals surface area contributed by atoms with Gasteiger partial charge in [-0.1, -0.05) is 12.1 Å². The fraction of sp³-hybridized carbons (Fsp3) is 0.143. The molecule has 0 unspecified atom stereocenters. The molecule has 0 saturated carbocycles. The van der Waals surface area contributed by atoms with Crippen molar-refractivity contribution in [3.63, 3.8) is 0 Å². The van der Waals surface area contributed by atoms with Crippen LogP contribution in [0.25, 0.3) is 0 Å². The van der Waals surface area contributed by atoms with Crippen LogP contribution in [-0.4, -0.2) is 0 Å². The molecule has 4 heteroatoms. The Hall–Kier alpha value is -0.770. The van der Waals surface area contributed by atoms with Gasteiger partial charge in [0.1, 0.15) is 12.4 Å². The number of hydrogen-bond donors (Lipinski definition) is 2. The molecule has 0 radical (unpaired) electrons. The highest BCUT2D eigenvalue weighted by atomic mass is 35.5. The van der Waals surface area contributed by atoms with Crippen LogP contribution in [0.4, 0.5) is 0 Å². The lowest BCUT2D eigenvalue weighted by Crippen LogP contribution is -2.02. The van der Waals surface area contributed by atoms with Gasteiger partial charge < -0.3 is 4.74 Å². The zero-order valence-corrected chi connectivity index (χ0v) is 6.80. The summed E-state index contributed by atoms with van der Waals surface area (Å²) >= 11 is 0. The highest BCUT2D eigenvalue weighted by Gasteiger charge is 2.01. The Kier molecular flexibility index (Phi) is 4.61. The number of nitrogens with two attached hydrogens (primary N) is 2. The Morgan fingerprint density at radius 1 is 1.09 bits per heavy atom. The maximum absolute atomic E-state index is 5.18. The van der Waals surface area contributed by atoms with Crippen molar-refractivity contribution in [3.05, 3.63) is 29.8 Å². The summed E-state index contributed by atoms with van der Waals surface area (Å²) < 4.78 is 5.18. The van der Waals surface area contributed by atoms with Gasteiger partial charge in [0.25, 0.3) is 0 Å². The molecule has 0 saturated heterocycles. The zero-order valence-electron chi connectivity index (χ0n) is 5.99. The Labute approximate surface area is 71.7 Å². The van der Waals surface area contributed by atoms with E-state index in [-0.39, 0.29) is 12.4 Å². The van der Waals surface area contributed by atoms with Crippen LogP contribution in [0.1, 0.15) is 5.56 Å². The van der Waals surface area contributed by atoms with Gasteiger partial charge >= 0.3 is 0 Å². The number of halogens is 1. The largest absolute Gasteiger partial charge is 0.489 e. The SMILES string of the molecule is Cl.NN.c1cc2ccc1CO2. The number of ether oxygens (including phenoxy) is 1. The van der Waals surface area contributed by atoms with Gasteiger partial charge in [-0.25, -0.2) is 0 Å². The van der Waals surface area contributed by atoms with Gasteiger partial charge in [0, 0.05) is 0 Å². The molecule has 2 bridgehead atoms. The third-order valence-electron chi connectivity index (χ3n) is 1.33. The Morgan fingerprint density at radius 3 is 1.73 bits per heavy atom. The maximum atomic E-state index is 5.18. The summed E-state index contributed by atoms with van der Waals surface area (Å²) in [6, 6.07) is 8.13. The molecule has 0 fully saturated rings. The summed E-state index contributed by atoms with van der Waals surface area (Å²) in [6.07, 6.45) is 0. The first kappa shape index (κ1) is 10.2. The molecule has 1 aromatic rings. The van der Waals surface area contributed by atoms with Crippen molar-refractivity contribution >= 4 is 12.4 Å². The van der Waals surface area contributed by atoms with Crippen molar-refractivity contribution in [2.45, 2.75) is 6.61 Å². The molecule has 0 spiro atoms. The molecule has 0 amide bonds. The average molecular weight is 175 g/mol. The van der Waals surface area contributed by atoms with Crippen molar-refractivity contribution in [3.8, 4) is 5.75 Å². The average Bonchev–Trinajstić information content (AvgIpc) is 2.11. The molecule has 4 N–H and O–H groups in total. The van der Waals surface area contributed by atoms with Crippen molar-refractivity contribution in [1.82, 2.24) is 0 Å². The molecule has 3 nitrogen and oxygen atoms in total. The van der Waals surface area contributed by atoms with E-state index in [9.17, 15) is 0 Å². The van der Waals surface area contributed by atoms with Crippen LogP contribution in [0.2, 0.25) is 0 Å². The maximum Gasteiger partial charge on any atom is 0.119 e. The fourth-order valence-electron chi connectivity index (χ4n) is 0.849. The minimum Gasteiger partial charge on any atom is -0.489 e. The highest BCUT2D eigenvalue weighted by molar-refractivity contribution is 5.85. The fourth-order valence-corrected chi connectivity index (χ4v) is 0.849. The monoisotopic (exact) mass is 174 g/mol. The molecule has 2 heterocycles. The van der Waals surface area contributed by atoms with Crippen LogP contribution >= 0.6 is 12.4 Å². The zero-order chi connectivity index (χ0) is 7.40. The molecule has 11 heavy (non-hydrogen) atoms. The molecule has 0 atom stereocenters. The second-order valence-electron chi connectivity index (χ2n) is 1.93. The van der Waals surface area contributed by atoms with Crippen LogP contribution in [0, 0.1) is 0 Å². The van der Waals surface area contributed by atoms with E-state index in [0.29, 0.717) is 0 Å². The molecule has 2 aliphatic heterocycles. The van der Waals surface area contributed by atoms with E-state index in [1.54, 1.807) is 0 Å². The first-order valence-electron chi connectivity index (χ1n) is 3.00. The van der Waals surface area contributed by atoms with Gasteiger partial charge in [0.05, 0.1) is 0 Å². The number of fused-ring (bicyclic) bond motifs is 3. The van der Waals surface area contributed by atoms with Crippen LogP contribution in [0.5, 0.6) is 5.75 Å². The molecule has 62 valence electrons. The lowest BCUT2D eigenvalue weighted by atomic mass is 10.2. The third-order valence-corrected chi connectivity index (χ3v) is 1.33. The minimum atomic E-state index is 0. The third kappa shape index (κ3) is 2.38. The number of hydrazine groups is 1. The van der Waals surface area contributed by atoms with Crippen molar-refractivity contribution in [2.24, 2.45) is 11.7 Å². The molecule has 0 aliphatic carbocycles. The summed E-state index contributed by atoms with van der Waals surface area (Å²) in [6.45, 7) is 0.766. The summed E-state index contributed by atoms with van der Waals surface area (Å²) in [5, 5.41) is 0. The van der Waals surface area contributed by atoms with Crippen molar-refractivity contribution in [1.29, 1.82) is 0 Å². The van der Waals surface area contributed by atoms with Crippen LogP contribution in [-0.2, 0) is 6.61 Å². The smallest absolute Gasteiger partial charge is 0.119 e. The predicted octanol–water partition coefficient (Wildman–Crippen LogP) is 0.820. The van der Waals surface area contributed by atoms with Gasteiger partial charge in [-0.05, 0) is 17.7 Å². The topological polar surface area (TPSA) is 61.3 Å². The van der Waals surface area contributed by atoms with Crippen LogP contribution in [0.15, 0.2) is 24.3 Å². The predicted molar refractivity (Wildman–Crippen MR) is 46.4 cm³/mol. The second kappa shape index (κ2) is 4.96. The van der Waals surface area contributed by atoms with Crippen LogP contribution in [0.3, 0.4) is 0 Å². The summed E-state index contributed by atoms with van der Waals surface area (Å²) in [5.74, 6) is 8.99. The highest BCUT2D eigenvalue weighted by Crippen LogP contribution is 2.19. The Bertz CT molecular complexity index is 177. The Balaban J connectivity index is 0.000000311. The van der Waals surface area contributed by atoms with Gasteiger partial charge in [-0.15, -0.1) is 12.4 Å². The normalized spacial score (nSPS) is 10.4. The second-order valence-corrected chi connectivity index (χ2v) is 1.93. The van der Waals surface area contributed by atoms with Gasteiger partial charge in [0.2, 0.25) is 0 Å². The molecule has 3 rings (SSSR count). The lowest BCUT2D eigenvalue weighted by Gasteiger charge is -2.11. The minimum absolute atomic E-state index is 0. The van der Waals surface area contributed by atoms with Gasteiger partial charge in [-0.2, -0.15) is 0 Å². The number of hydrogen-bond acceptors (Lipinski definition) is 3. The van der Waals surface area contributed by atoms with E-state index in [1.807, 2.05) is 12.1 Å². The van der Waals surface area contributed by atoms with E-state index in [1.165, 1.54) is 5.56 Å². The van der Waals surface area contributed by atoms with Gasteiger partial charge in [-0.3, -0.25) is 11.7 Å². The quantitative estimate of drug-likeness (QED) is 0.452. The standard InChI is InChI=1S/C7H6O.ClH.H4N2/c1-3-7-4-2-6(1)5-8-7;;1-2/h1-4H,5H2;1H;1-2H2. The lowest BCUT2D eigenvalue weighted by molar-refractivity contribution is 0.295. The first-order valence-corrected chi connectivity index (χ1v) is 3.00. The van der Waals surface area contributed by atoms with E-state index in [2.05, 4.69) is 23.8 Å². The molecular weight excluding hydrogens is 164 g/mol. The molecule has 0 aromatic heterocycles. The Morgan fingerprint density at radius 2 is 1.64 bits per heavy atom. The summed E-state index contributed by atoms with van der Waals surface area (Å²) in [5.41, 5.74) is 1.26. The van der Waals surface area contributed by atoms with E-state index >= 15 is 0 Å². The summed E-state index contributed by atoms with van der Waals surface area (Å²) in [7, 11) is 0. The first-order chi connectivity index (χ1) is 4.95. The van der Waals surface area contributed by atoms with Crippen molar-refractivity contribution < 1.29 is 4.74 Å². The molecule has 1 aromatic carbocycles. The van der Waals surface area contributed by atoms with Gasteiger partial charge in [0.15, 0.2) is 0 Å². The van der Waals surface area contributed by atoms with E-state index in [0.717, 1.165) is 12.4 Å². The summed E-state index contributed by atoms with van der Waals surface area (Å²) in [4.78, 5) is 0. The molecular formula is C7H11ClN2O.